The largest absolute Gasteiger partial charge is 0.457 e. The molecule has 1 amide bonds. The Morgan fingerprint density at radius 3 is 2.67 bits per heavy atom. The number of esters is 1. The molecule has 0 unspecified atom stereocenters. The third-order valence-electron chi connectivity index (χ3n) is 3.44. The van der Waals surface area contributed by atoms with Gasteiger partial charge in [-0.3, -0.25) is 14.4 Å². The van der Waals surface area contributed by atoms with Gasteiger partial charge in [0.1, 0.15) is 16.2 Å². The van der Waals surface area contributed by atoms with Gasteiger partial charge in [-0.2, -0.15) is 0 Å². The van der Waals surface area contributed by atoms with E-state index in [-0.39, 0.29) is 24.1 Å². The molecule has 0 fully saturated rings. The van der Waals surface area contributed by atoms with Crippen molar-refractivity contribution in [2.75, 3.05) is 17.7 Å². The highest BCUT2D eigenvalue weighted by atomic mass is 32.2. The number of hydrogen-bond donors (Lipinski definition) is 1. The number of amides is 1. The van der Waals surface area contributed by atoms with Crippen LogP contribution in [-0.2, 0) is 14.3 Å². The second kappa shape index (κ2) is 8.74. The van der Waals surface area contributed by atoms with Gasteiger partial charge in [0.2, 0.25) is 5.91 Å². The molecule has 2 heterocycles. The van der Waals surface area contributed by atoms with Crippen LogP contribution in [0, 0.1) is 0 Å². The van der Waals surface area contributed by atoms with E-state index in [0.717, 1.165) is 10.2 Å². The Kier molecular flexibility index (Phi) is 6.15. The number of thioether (sulfide) groups is 1. The molecule has 27 heavy (non-hydrogen) atoms. The number of thiophene rings is 1. The van der Waals surface area contributed by atoms with Crippen LogP contribution in [0.3, 0.4) is 0 Å². The summed E-state index contributed by atoms with van der Waals surface area (Å²) in [6.07, 6.45) is 1.46. The maximum atomic E-state index is 12.1. The van der Waals surface area contributed by atoms with Crippen molar-refractivity contribution >= 4 is 56.7 Å². The van der Waals surface area contributed by atoms with E-state index in [0.29, 0.717) is 16.3 Å². The number of benzene rings is 1. The molecule has 3 rings (SSSR count). The standard InChI is InChI=1S/C18H15N3O4S2/c1-11(22)21-13-4-2-12(3-5-13)15(23)8-25-16(24)9-27-18-14-6-7-26-17(14)19-10-20-18/h2-7,10H,8-9H2,1H3,(H,21,22). The summed E-state index contributed by atoms with van der Waals surface area (Å²) >= 11 is 2.75. The lowest BCUT2D eigenvalue weighted by atomic mass is 10.1. The van der Waals surface area contributed by atoms with Gasteiger partial charge in [-0.1, -0.05) is 11.8 Å². The first kappa shape index (κ1) is 19.0. The molecule has 0 radical (unpaired) electrons. The fraction of sp³-hybridized carbons (Fsp3) is 0.167. The van der Waals surface area contributed by atoms with Crippen molar-refractivity contribution in [2.45, 2.75) is 11.9 Å². The number of ether oxygens (including phenoxy) is 1. The minimum atomic E-state index is -0.495. The Bertz CT molecular complexity index is 986. The van der Waals surface area contributed by atoms with Crippen molar-refractivity contribution in [1.29, 1.82) is 0 Å². The number of fused-ring (bicyclic) bond motifs is 1. The van der Waals surface area contributed by atoms with Crippen LogP contribution in [-0.4, -0.2) is 40.0 Å². The Morgan fingerprint density at radius 1 is 1.15 bits per heavy atom. The quantitative estimate of drug-likeness (QED) is 0.281. The number of carbonyl (C=O) groups excluding carboxylic acids is 3. The minimum absolute atomic E-state index is 0.0523. The minimum Gasteiger partial charge on any atom is -0.457 e. The Hall–Kier alpha value is -2.78. The fourth-order valence-corrected chi connectivity index (χ4v) is 3.80. The van der Waals surface area contributed by atoms with Crippen LogP contribution in [0.4, 0.5) is 5.69 Å². The Morgan fingerprint density at radius 2 is 1.93 bits per heavy atom. The van der Waals surface area contributed by atoms with E-state index < -0.39 is 5.97 Å². The van der Waals surface area contributed by atoms with Crippen LogP contribution in [0.2, 0.25) is 0 Å². The molecule has 1 N–H and O–H groups in total. The predicted molar refractivity (Wildman–Crippen MR) is 104 cm³/mol. The summed E-state index contributed by atoms with van der Waals surface area (Å²) in [5.74, 6) is -0.949. The zero-order valence-electron chi connectivity index (χ0n) is 14.3. The number of ketones is 1. The predicted octanol–water partition coefficient (Wildman–Crippen LogP) is 3.17. The number of anilines is 1. The van der Waals surface area contributed by atoms with Crippen molar-refractivity contribution < 1.29 is 19.1 Å². The Labute approximate surface area is 163 Å². The summed E-state index contributed by atoms with van der Waals surface area (Å²) < 4.78 is 5.05. The van der Waals surface area contributed by atoms with Crippen molar-refractivity contribution in [3.8, 4) is 0 Å². The number of nitrogens with zero attached hydrogens (tertiary/aromatic N) is 2. The van der Waals surface area contributed by atoms with E-state index >= 15 is 0 Å². The molecular formula is C18H15N3O4S2. The van der Waals surface area contributed by atoms with Crippen LogP contribution < -0.4 is 5.32 Å². The highest BCUT2D eigenvalue weighted by molar-refractivity contribution is 8.00. The topological polar surface area (TPSA) is 98.2 Å². The van der Waals surface area contributed by atoms with Gasteiger partial charge in [0.15, 0.2) is 12.4 Å². The van der Waals surface area contributed by atoms with Crippen LogP contribution in [0.1, 0.15) is 17.3 Å². The molecule has 2 aromatic heterocycles. The molecule has 138 valence electrons. The summed E-state index contributed by atoms with van der Waals surface area (Å²) in [4.78, 5) is 44.2. The van der Waals surface area contributed by atoms with E-state index in [1.807, 2.05) is 11.4 Å². The summed E-state index contributed by atoms with van der Waals surface area (Å²) in [6, 6.07) is 8.29. The smallest absolute Gasteiger partial charge is 0.316 e. The molecule has 0 atom stereocenters. The molecule has 7 nitrogen and oxygen atoms in total. The molecule has 0 aliphatic rings. The van der Waals surface area contributed by atoms with Gasteiger partial charge in [-0.15, -0.1) is 11.3 Å². The summed E-state index contributed by atoms with van der Waals surface area (Å²) in [5, 5.41) is 6.14. The van der Waals surface area contributed by atoms with Crippen LogP contribution in [0.5, 0.6) is 0 Å². The number of carbonyl (C=O) groups is 3. The molecule has 0 saturated heterocycles. The highest BCUT2D eigenvalue weighted by Crippen LogP contribution is 2.27. The molecule has 0 aliphatic heterocycles. The second-order valence-corrected chi connectivity index (χ2v) is 7.31. The number of Topliss-reactive ketones (excluding diaryl/α,β-unsaturated/α-hetero) is 1. The van der Waals surface area contributed by atoms with Crippen molar-refractivity contribution in [1.82, 2.24) is 9.97 Å². The fourth-order valence-electron chi connectivity index (χ4n) is 2.22. The van der Waals surface area contributed by atoms with E-state index in [2.05, 4.69) is 15.3 Å². The lowest BCUT2D eigenvalue weighted by Gasteiger charge is -2.06. The molecule has 0 saturated carbocycles. The van der Waals surface area contributed by atoms with Crippen LogP contribution in [0.25, 0.3) is 10.2 Å². The van der Waals surface area contributed by atoms with Gasteiger partial charge in [-0.05, 0) is 35.7 Å². The van der Waals surface area contributed by atoms with E-state index in [9.17, 15) is 14.4 Å². The van der Waals surface area contributed by atoms with Crippen molar-refractivity contribution in [2.24, 2.45) is 0 Å². The number of nitrogens with one attached hydrogen (secondary N) is 1. The first-order chi connectivity index (χ1) is 13.0. The zero-order valence-corrected chi connectivity index (χ0v) is 15.9. The molecule has 0 aliphatic carbocycles. The van der Waals surface area contributed by atoms with Gasteiger partial charge >= 0.3 is 5.97 Å². The molecular weight excluding hydrogens is 386 g/mol. The van der Waals surface area contributed by atoms with Gasteiger partial charge in [0, 0.05) is 23.6 Å². The molecule has 1 aromatic carbocycles. The summed E-state index contributed by atoms with van der Waals surface area (Å²) in [6.45, 7) is 1.07. The monoisotopic (exact) mass is 401 g/mol. The third-order valence-corrected chi connectivity index (χ3v) is 5.24. The first-order valence-corrected chi connectivity index (χ1v) is 9.77. The average molecular weight is 401 g/mol. The van der Waals surface area contributed by atoms with Crippen molar-refractivity contribution in [3.63, 3.8) is 0 Å². The lowest BCUT2D eigenvalue weighted by Crippen LogP contribution is -2.15. The maximum Gasteiger partial charge on any atom is 0.316 e. The number of hydrogen-bond acceptors (Lipinski definition) is 8. The van der Waals surface area contributed by atoms with Crippen molar-refractivity contribution in [3.05, 3.63) is 47.6 Å². The molecule has 0 spiro atoms. The summed E-state index contributed by atoms with van der Waals surface area (Å²) in [5.41, 5.74) is 0.998. The Balaban J connectivity index is 1.49. The van der Waals surface area contributed by atoms with E-state index in [1.165, 1.54) is 36.3 Å². The summed E-state index contributed by atoms with van der Waals surface area (Å²) in [7, 11) is 0. The van der Waals surface area contributed by atoms with Gasteiger partial charge in [0.05, 0.1) is 5.75 Å². The van der Waals surface area contributed by atoms with E-state index in [4.69, 9.17) is 4.74 Å². The molecule has 3 aromatic rings. The number of rotatable bonds is 7. The first-order valence-electron chi connectivity index (χ1n) is 7.90. The second-order valence-electron chi connectivity index (χ2n) is 5.45. The zero-order chi connectivity index (χ0) is 19.2. The van der Waals surface area contributed by atoms with Crippen LogP contribution >= 0.6 is 23.1 Å². The van der Waals surface area contributed by atoms with Gasteiger partial charge in [0.25, 0.3) is 0 Å². The normalized spacial score (nSPS) is 10.6. The maximum absolute atomic E-state index is 12.1. The lowest BCUT2D eigenvalue weighted by molar-refractivity contribution is -0.139. The van der Waals surface area contributed by atoms with E-state index in [1.54, 1.807) is 24.3 Å². The van der Waals surface area contributed by atoms with Crippen LogP contribution in [0.15, 0.2) is 47.1 Å². The highest BCUT2D eigenvalue weighted by Gasteiger charge is 2.12. The molecule has 9 heteroatoms. The average Bonchev–Trinajstić information content (AvgIpc) is 3.14. The SMILES string of the molecule is CC(=O)Nc1ccc(C(=O)COC(=O)CSc2ncnc3sccc23)cc1. The third kappa shape index (κ3) is 5.11. The number of aromatic nitrogens is 2. The molecule has 0 bridgehead atoms. The van der Waals surface area contributed by atoms with Gasteiger partial charge in [-0.25, -0.2) is 9.97 Å². The van der Waals surface area contributed by atoms with Gasteiger partial charge < -0.3 is 10.1 Å².